The molecule has 68 heavy (non-hydrogen) atoms. The van der Waals surface area contributed by atoms with Crippen LogP contribution in [0.3, 0.4) is 0 Å². The van der Waals surface area contributed by atoms with Crippen LogP contribution in [0.4, 0.5) is 25.2 Å². The maximum atomic E-state index is 9.87. The zero-order chi connectivity index (χ0) is 47.3. The summed E-state index contributed by atoms with van der Waals surface area (Å²) >= 11 is 0. The van der Waals surface area contributed by atoms with Crippen LogP contribution >= 0.6 is 31.6 Å². The third-order valence-electron chi connectivity index (χ3n) is 10.4. The summed E-state index contributed by atoms with van der Waals surface area (Å²) < 4.78 is 59.2. The van der Waals surface area contributed by atoms with Crippen LogP contribution in [0.1, 0.15) is 16.7 Å². The van der Waals surface area contributed by atoms with Gasteiger partial charge in [0.2, 0.25) is 0 Å². The van der Waals surface area contributed by atoms with E-state index in [-0.39, 0.29) is 17.1 Å². The Kier molecular flexibility index (Phi) is 20.5. The molecule has 0 bridgehead atoms. The molecule has 0 aliphatic heterocycles. The molecular weight excluding hydrogens is 986 g/mol. The summed E-state index contributed by atoms with van der Waals surface area (Å²) in [6, 6.07) is 98.0. The van der Waals surface area contributed by atoms with Crippen LogP contribution in [0.15, 0.2) is 273 Å². The van der Waals surface area contributed by atoms with Gasteiger partial charge in [0.25, 0.3) is 0 Å². The molecule has 0 nitrogen and oxygen atoms in total. The van der Waals surface area contributed by atoms with Crippen LogP contribution in [0, 0.1) is 0 Å². The Bertz CT molecular complexity index is 2320. The minimum absolute atomic E-state index is 0. The third-order valence-corrected chi connectivity index (χ3v) is 18.9. The number of hydrogen-bond acceptors (Lipinski definition) is 0. The Morgan fingerprint density at radius 2 is 0.338 bits per heavy atom. The van der Waals surface area contributed by atoms with Gasteiger partial charge in [-0.05, 0) is 89.5 Å². The molecule has 0 spiro atoms. The van der Waals surface area contributed by atoms with E-state index in [2.05, 4.69) is 273 Å². The average Bonchev–Trinajstić information content (AvgIpc) is 3.36. The predicted octanol–water partition coefficient (Wildman–Crippen LogP) is 15.5. The Labute approximate surface area is 411 Å². The van der Waals surface area contributed by atoms with Crippen molar-refractivity contribution in [3.8, 4) is 0 Å². The van der Waals surface area contributed by atoms with Crippen molar-refractivity contribution in [2.75, 3.05) is 0 Å². The van der Waals surface area contributed by atoms with E-state index in [1.165, 1.54) is 48.5 Å². The first-order valence-electron chi connectivity index (χ1n) is 21.8. The van der Waals surface area contributed by atoms with Crippen molar-refractivity contribution in [1.82, 2.24) is 0 Å². The van der Waals surface area contributed by atoms with E-state index >= 15 is 0 Å². The Morgan fingerprint density at radius 1 is 0.221 bits per heavy atom. The summed E-state index contributed by atoms with van der Waals surface area (Å²) in [6.45, 7) is 0. The topological polar surface area (TPSA) is 0 Å². The van der Waals surface area contributed by atoms with Crippen LogP contribution in [-0.4, -0.2) is 0 Å². The minimum atomic E-state index is -10.7. The van der Waals surface area contributed by atoms with Crippen LogP contribution in [-0.2, 0) is 35.6 Å². The van der Waals surface area contributed by atoms with Crippen LogP contribution in [0.5, 0.6) is 0 Å². The summed E-state index contributed by atoms with van der Waals surface area (Å²) in [7, 11) is -12.9. The van der Waals surface area contributed by atoms with Gasteiger partial charge in [-0.3, -0.25) is 0 Å². The van der Waals surface area contributed by atoms with Gasteiger partial charge >= 0.3 is 50.1 Å². The fraction of sp³-hybridized carbons (Fsp3) is 0.0526. The number of benzene rings is 9. The van der Waals surface area contributed by atoms with Gasteiger partial charge in [-0.2, -0.15) is 0 Å². The van der Waals surface area contributed by atoms with E-state index in [4.69, 9.17) is 0 Å². The second kappa shape index (κ2) is 26.0. The van der Waals surface area contributed by atoms with Gasteiger partial charge in [0, 0.05) is 0 Å². The van der Waals surface area contributed by atoms with Gasteiger partial charge < -0.3 is 0 Å². The fourth-order valence-electron chi connectivity index (χ4n) is 7.35. The van der Waals surface area contributed by atoms with E-state index in [0.29, 0.717) is 0 Å². The molecule has 0 aliphatic rings. The SMILES string of the molecule is F[P-](F)(F)(F)(F)F.[Cu+].c1ccc(C[PH+](c2ccccc2)c2ccccc2)cc1.c1ccc(C[PH+](c2ccccc2)c2ccccc2)cc1.c1ccc(C[PH+](c2ccccc2)c2ccccc2)cc1. The van der Waals surface area contributed by atoms with Crippen LogP contribution in [0.2, 0.25) is 0 Å². The van der Waals surface area contributed by atoms with Crippen molar-refractivity contribution in [3.63, 3.8) is 0 Å². The van der Waals surface area contributed by atoms with Gasteiger partial charge in [-0.1, -0.05) is 200 Å². The number of rotatable bonds is 12. The second-order valence-electron chi connectivity index (χ2n) is 15.6. The zero-order valence-electron chi connectivity index (χ0n) is 37.1. The first-order chi connectivity index (χ1) is 32.2. The Morgan fingerprint density at radius 3 is 0.471 bits per heavy atom. The molecule has 0 aromatic heterocycles. The standard InChI is InChI=1S/3C19H17P.Cu.F6P/c3*1-4-10-17(11-5-1)16-20(18-12-6-2-7-13-18)19-14-8-3-9-15-19;;1-7(2,3,4,5)6/h3*1-15H,16H2;;/q;;;+1;-1/p+3. The summed E-state index contributed by atoms with van der Waals surface area (Å²) in [4.78, 5) is 0. The second-order valence-corrected chi connectivity index (χ2v) is 24.9. The van der Waals surface area contributed by atoms with Crippen molar-refractivity contribution in [2.45, 2.75) is 18.5 Å². The molecule has 0 atom stereocenters. The molecule has 0 fully saturated rings. The van der Waals surface area contributed by atoms with Gasteiger partial charge in [0.15, 0.2) is 0 Å². The predicted molar refractivity (Wildman–Crippen MR) is 285 cm³/mol. The minimum Gasteiger partial charge on any atom is -0.0622 e. The third kappa shape index (κ3) is 20.6. The van der Waals surface area contributed by atoms with Crippen LogP contribution < -0.4 is 31.8 Å². The molecule has 9 rings (SSSR count). The van der Waals surface area contributed by atoms with Crippen molar-refractivity contribution in [1.29, 1.82) is 0 Å². The molecule has 0 N–H and O–H groups in total. The summed E-state index contributed by atoms with van der Waals surface area (Å²) in [5.41, 5.74) is 4.28. The average molecular weight is 1040 g/mol. The molecule has 0 heterocycles. The van der Waals surface area contributed by atoms with E-state index < -0.39 is 31.6 Å². The fourth-order valence-corrected chi connectivity index (χ4v) is 15.1. The van der Waals surface area contributed by atoms with E-state index in [1.54, 1.807) is 0 Å². The van der Waals surface area contributed by atoms with Crippen molar-refractivity contribution in [3.05, 3.63) is 290 Å². The molecule has 9 aromatic carbocycles. The molecule has 0 amide bonds. The maximum absolute atomic E-state index is 10.7. The maximum Gasteiger partial charge on any atom is 1.00 e. The first-order valence-corrected chi connectivity index (χ1v) is 29.0. The molecule has 0 saturated heterocycles. The smallest absolute Gasteiger partial charge is 0.0622 e. The van der Waals surface area contributed by atoms with Gasteiger partial charge in [-0.25, -0.2) is 0 Å². The monoisotopic (exact) mass is 1040 g/mol. The van der Waals surface area contributed by atoms with Crippen LogP contribution in [0.25, 0.3) is 0 Å². The number of hydrogen-bond donors (Lipinski definition) is 0. The summed E-state index contributed by atoms with van der Waals surface area (Å²) in [5, 5.41) is 8.88. The molecule has 0 unspecified atom stereocenters. The van der Waals surface area contributed by atoms with E-state index in [9.17, 15) is 25.2 Å². The zero-order valence-corrected chi connectivity index (χ0v) is 42.0. The molecule has 11 heteroatoms. The van der Waals surface area contributed by atoms with E-state index in [0.717, 1.165) is 18.5 Å². The summed E-state index contributed by atoms with van der Waals surface area (Å²) in [6.07, 6.45) is 3.42. The molecule has 0 radical (unpaired) electrons. The molecule has 352 valence electrons. The Balaban J connectivity index is 0.000000177. The van der Waals surface area contributed by atoms with Crippen molar-refractivity contribution < 1.29 is 42.3 Å². The largest absolute Gasteiger partial charge is 1.00 e. The number of halogens is 6. The summed E-state index contributed by atoms with van der Waals surface area (Å²) in [5.74, 6) is 0. The van der Waals surface area contributed by atoms with Gasteiger partial charge in [-0.15, -0.1) is 0 Å². The molecular formula is C57H54CuF6P4+3. The molecule has 9 aromatic rings. The van der Waals surface area contributed by atoms with Crippen molar-refractivity contribution in [2.24, 2.45) is 0 Å². The quantitative estimate of drug-likeness (QED) is 0.0650. The van der Waals surface area contributed by atoms with Crippen molar-refractivity contribution >= 4 is 63.4 Å². The van der Waals surface area contributed by atoms with Gasteiger partial charge in [0.1, 0.15) is 0 Å². The normalized spacial score (nSPS) is 11.8. The molecule has 0 aliphatic carbocycles. The van der Waals surface area contributed by atoms with E-state index in [1.807, 2.05) is 0 Å². The van der Waals surface area contributed by atoms with Gasteiger partial charge in [0.05, 0.1) is 74.1 Å². The molecule has 0 saturated carbocycles. The first kappa shape index (κ1) is 53.8. The Hall–Kier alpha value is -5.20.